The van der Waals surface area contributed by atoms with Crippen LogP contribution < -0.4 is 10.2 Å². The quantitative estimate of drug-likeness (QED) is 0.920. The number of benzene rings is 1. The molecule has 1 N–H and O–H groups in total. The van der Waals surface area contributed by atoms with Gasteiger partial charge in [0.15, 0.2) is 0 Å². The largest absolute Gasteiger partial charge is 0.366 e. The molecule has 4 heteroatoms. The Morgan fingerprint density at radius 1 is 1.29 bits per heavy atom. The monoisotopic (exact) mass is 291 g/mol. The molecule has 3 rings (SSSR count). The molecule has 1 atom stereocenters. The van der Waals surface area contributed by atoms with Crippen LogP contribution >= 0.6 is 0 Å². The van der Waals surface area contributed by atoms with Gasteiger partial charge in [-0.05, 0) is 31.0 Å². The van der Waals surface area contributed by atoms with Crippen molar-refractivity contribution in [3.8, 4) is 0 Å². The Hall–Kier alpha value is -1.13. The number of anilines is 1. The minimum Gasteiger partial charge on any atom is -0.366 e. The normalized spacial score (nSPS) is 22.9. The summed E-state index contributed by atoms with van der Waals surface area (Å²) in [5, 5.41) is 3.41. The highest BCUT2D eigenvalue weighted by Crippen LogP contribution is 2.30. The zero-order chi connectivity index (χ0) is 14.8. The third-order valence-corrected chi connectivity index (χ3v) is 4.67. The van der Waals surface area contributed by atoms with Gasteiger partial charge in [0.1, 0.15) is 5.82 Å². The third-order valence-electron chi connectivity index (χ3n) is 4.67. The van der Waals surface area contributed by atoms with Gasteiger partial charge in [-0.15, -0.1) is 0 Å². The highest BCUT2D eigenvalue weighted by Gasteiger charge is 2.32. The fraction of sp³-hybridized carbons (Fsp3) is 0.647. The van der Waals surface area contributed by atoms with E-state index in [0.717, 1.165) is 37.4 Å². The fourth-order valence-corrected chi connectivity index (χ4v) is 3.57. The SMILES string of the molecule is CC(C)NCc1cccc(F)c1N1CCN2CCCC2C1. The van der Waals surface area contributed by atoms with Gasteiger partial charge < -0.3 is 10.2 Å². The molecule has 2 fully saturated rings. The molecule has 116 valence electrons. The zero-order valence-corrected chi connectivity index (χ0v) is 13.1. The molecule has 1 aromatic carbocycles. The molecule has 0 amide bonds. The van der Waals surface area contributed by atoms with Crippen LogP contribution in [-0.4, -0.2) is 43.2 Å². The molecular formula is C17H26FN3. The Kier molecular flexibility index (Phi) is 4.45. The number of hydrogen-bond acceptors (Lipinski definition) is 3. The van der Waals surface area contributed by atoms with E-state index in [4.69, 9.17) is 0 Å². The van der Waals surface area contributed by atoms with E-state index in [9.17, 15) is 4.39 Å². The minimum atomic E-state index is -0.0792. The van der Waals surface area contributed by atoms with E-state index in [2.05, 4.69) is 35.0 Å². The first-order valence-corrected chi connectivity index (χ1v) is 8.15. The van der Waals surface area contributed by atoms with Crippen LogP contribution in [0.4, 0.5) is 10.1 Å². The van der Waals surface area contributed by atoms with Gasteiger partial charge >= 0.3 is 0 Å². The molecule has 2 saturated heterocycles. The van der Waals surface area contributed by atoms with Crippen molar-refractivity contribution < 1.29 is 4.39 Å². The van der Waals surface area contributed by atoms with Crippen LogP contribution in [0.3, 0.4) is 0 Å². The van der Waals surface area contributed by atoms with Gasteiger partial charge in [0.2, 0.25) is 0 Å². The molecule has 1 unspecified atom stereocenters. The molecule has 0 bridgehead atoms. The Labute approximate surface area is 127 Å². The lowest BCUT2D eigenvalue weighted by molar-refractivity contribution is 0.230. The van der Waals surface area contributed by atoms with Crippen LogP contribution in [0.15, 0.2) is 18.2 Å². The number of piperazine rings is 1. The van der Waals surface area contributed by atoms with Gasteiger partial charge in [-0.2, -0.15) is 0 Å². The average Bonchev–Trinajstić information content (AvgIpc) is 2.92. The predicted octanol–water partition coefficient (Wildman–Crippen LogP) is 2.61. The van der Waals surface area contributed by atoms with Crippen molar-refractivity contribution in [2.24, 2.45) is 0 Å². The lowest BCUT2D eigenvalue weighted by atomic mass is 10.1. The minimum absolute atomic E-state index is 0.0792. The van der Waals surface area contributed by atoms with E-state index in [1.165, 1.54) is 19.4 Å². The van der Waals surface area contributed by atoms with E-state index in [-0.39, 0.29) is 5.82 Å². The molecule has 0 saturated carbocycles. The number of halogens is 1. The van der Waals surface area contributed by atoms with Crippen molar-refractivity contribution in [2.45, 2.75) is 45.3 Å². The molecule has 0 aliphatic carbocycles. The number of fused-ring (bicyclic) bond motifs is 1. The van der Waals surface area contributed by atoms with Crippen molar-refractivity contribution >= 4 is 5.69 Å². The molecule has 0 spiro atoms. The van der Waals surface area contributed by atoms with E-state index in [0.29, 0.717) is 12.1 Å². The molecule has 0 radical (unpaired) electrons. The second kappa shape index (κ2) is 6.32. The smallest absolute Gasteiger partial charge is 0.146 e. The highest BCUT2D eigenvalue weighted by molar-refractivity contribution is 5.55. The molecular weight excluding hydrogens is 265 g/mol. The van der Waals surface area contributed by atoms with Crippen LogP contribution in [0.25, 0.3) is 0 Å². The summed E-state index contributed by atoms with van der Waals surface area (Å²) in [4.78, 5) is 4.82. The van der Waals surface area contributed by atoms with Crippen LogP contribution in [0, 0.1) is 5.82 Å². The number of para-hydroxylation sites is 1. The second-order valence-corrected chi connectivity index (χ2v) is 6.56. The van der Waals surface area contributed by atoms with Gasteiger partial charge in [-0.3, -0.25) is 4.90 Å². The van der Waals surface area contributed by atoms with E-state index < -0.39 is 0 Å². The maximum absolute atomic E-state index is 14.4. The summed E-state index contributed by atoms with van der Waals surface area (Å²) in [6.45, 7) is 9.16. The molecule has 21 heavy (non-hydrogen) atoms. The van der Waals surface area contributed by atoms with E-state index >= 15 is 0 Å². The number of hydrogen-bond donors (Lipinski definition) is 1. The molecule has 2 aliphatic heterocycles. The third kappa shape index (κ3) is 3.22. The van der Waals surface area contributed by atoms with Gasteiger partial charge in [-0.1, -0.05) is 26.0 Å². The molecule has 2 heterocycles. The number of rotatable bonds is 4. The van der Waals surface area contributed by atoms with Crippen molar-refractivity contribution in [3.05, 3.63) is 29.6 Å². The first-order valence-electron chi connectivity index (χ1n) is 8.15. The first kappa shape index (κ1) is 14.8. The molecule has 0 aromatic heterocycles. The lowest BCUT2D eigenvalue weighted by Crippen LogP contribution is -2.50. The lowest BCUT2D eigenvalue weighted by Gasteiger charge is -2.39. The van der Waals surface area contributed by atoms with Crippen LogP contribution in [0.5, 0.6) is 0 Å². The number of nitrogens with zero attached hydrogens (tertiary/aromatic N) is 2. The Bertz CT molecular complexity index is 489. The summed E-state index contributed by atoms with van der Waals surface area (Å²) in [5.41, 5.74) is 1.90. The van der Waals surface area contributed by atoms with E-state index in [1.807, 2.05) is 6.07 Å². The fourth-order valence-electron chi connectivity index (χ4n) is 3.57. The summed E-state index contributed by atoms with van der Waals surface area (Å²) >= 11 is 0. The Balaban J connectivity index is 1.80. The Morgan fingerprint density at radius 3 is 2.95 bits per heavy atom. The molecule has 2 aliphatic rings. The second-order valence-electron chi connectivity index (χ2n) is 6.56. The van der Waals surface area contributed by atoms with Crippen LogP contribution in [-0.2, 0) is 6.54 Å². The predicted molar refractivity (Wildman–Crippen MR) is 85.2 cm³/mol. The number of nitrogens with one attached hydrogen (secondary N) is 1. The van der Waals surface area contributed by atoms with Crippen molar-refractivity contribution in [2.75, 3.05) is 31.1 Å². The van der Waals surface area contributed by atoms with Crippen molar-refractivity contribution in [1.82, 2.24) is 10.2 Å². The van der Waals surface area contributed by atoms with Gasteiger partial charge in [-0.25, -0.2) is 4.39 Å². The summed E-state index contributed by atoms with van der Waals surface area (Å²) in [5.74, 6) is -0.0792. The van der Waals surface area contributed by atoms with Gasteiger partial charge in [0.25, 0.3) is 0 Å². The summed E-state index contributed by atoms with van der Waals surface area (Å²) in [7, 11) is 0. The van der Waals surface area contributed by atoms with E-state index in [1.54, 1.807) is 6.07 Å². The molecule has 3 nitrogen and oxygen atoms in total. The summed E-state index contributed by atoms with van der Waals surface area (Å²) in [6, 6.07) is 6.49. The van der Waals surface area contributed by atoms with Crippen LogP contribution in [0.2, 0.25) is 0 Å². The average molecular weight is 291 g/mol. The van der Waals surface area contributed by atoms with Crippen molar-refractivity contribution in [1.29, 1.82) is 0 Å². The van der Waals surface area contributed by atoms with Gasteiger partial charge in [0, 0.05) is 38.3 Å². The summed E-state index contributed by atoms with van der Waals surface area (Å²) < 4.78 is 14.4. The topological polar surface area (TPSA) is 18.5 Å². The highest BCUT2D eigenvalue weighted by atomic mass is 19.1. The standard InChI is InChI=1S/C17H26FN3/c1-13(2)19-11-14-5-3-7-16(18)17(14)21-10-9-20-8-4-6-15(20)12-21/h3,5,7,13,15,19H,4,6,8-12H2,1-2H3. The van der Waals surface area contributed by atoms with Gasteiger partial charge in [0.05, 0.1) is 5.69 Å². The summed E-state index contributed by atoms with van der Waals surface area (Å²) in [6.07, 6.45) is 2.54. The molecule has 1 aromatic rings. The zero-order valence-electron chi connectivity index (χ0n) is 13.1. The first-order chi connectivity index (χ1) is 10.1. The maximum atomic E-state index is 14.4. The van der Waals surface area contributed by atoms with Crippen molar-refractivity contribution in [3.63, 3.8) is 0 Å². The Morgan fingerprint density at radius 2 is 2.14 bits per heavy atom. The van der Waals surface area contributed by atoms with Crippen LogP contribution in [0.1, 0.15) is 32.3 Å². The maximum Gasteiger partial charge on any atom is 0.146 e.